The van der Waals surface area contributed by atoms with E-state index in [4.69, 9.17) is 4.74 Å². The van der Waals surface area contributed by atoms with E-state index < -0.39 is 23.0 Å². The first-order chi connectivity index (χ1) is 15.6. The van der Waals surface area contributed by atoms with Crippen molar-refractivity contribution in [3.05, 3.63) is 60.2 Å². The Bertz CT molecular complexity index is 988. The van der Waals surface area contributed by atoms with Gasteiger partial charge < -0.3 is 14.7 Å². The van der Waals surface area contributed by atoms with Gasteiger partial charge in [-0.15, -0.1) is 0 Å². The fourth-order valence-corrected chi connectivity index (χ4v) is 5.14. The van der Waals surface area contributed by atoms with Crippen molar-refractivity contribution < 1.29 is 24.2 Å². The van der Waals surface area contributed by atoms with Crippen molar-refractivity contribution in [1.82, 2.24) is 9.80 Å². The third-order valence-corrected chi connectivity index (χ3v) is 6.83. The summed E-state index contributed by atoms with van der Waals surface area (Å²) in [7, 11) is 1.57. The van der Waals surface area contributed by atoms with Crippen molar-refractivity contribution in [3.8, 4) is 5.75 Å². The minimum absolute atomic E-state index is 0.0296. The Kier molecular flexibility index (Phi) is 7.68. The molecule has 33 heavy (non-hydrogen) atoms. The Morgan fingerprint density at radius 1 is 1.15 bits per heavy atom. The molecule has 7 nitrogen and oxygen atoms in total. The molecule has 1 fully saturated rings. The van der Waals surface area contributed by atoms with Crippen LogP contribution in [0.3, 0.4) is 0 Å². The predicted molar refractivity (Wildman–Crippen MR) is 128 cm³/mol. The number of Topliss-reactive ketones (excluding diaryl/α,β-unsaturated/α-hetero) is 1. The summed E-state index contributed by atoms with van der Waals surface area (Å²) >= 11 is 1.33. The number of hydrogen-bond donors (Lipinski definition) is 1. The number of carboxylic acid groups (broad SMARTS) is 1. The van der Waals surface area contributed by atoms with Gasteiger partial charge >= 0.3 is 6.09 Å². The average molecular weight is 471 g/mol. The van der Waals surface area contributed by atoms with Gasteiger partial charge in [0.1, 0.15) is 17.2 Å². The van der Waals surface area contributed by atoms with Crippen molar-refractivity contribution in [3.63, 3.8) is 0 Å². The maximum Gasteiger partial charge on any atom is 0.408 e. The van der Waals surface area contributed by atoms with Crippen LogP contribution in [0.5, 0.6) is 5.75 Å². The Morgan fingerprint density at radius 2 is 1.79 bits per heavy atom. The van der Waals surface area contributed by atoms with E-state index in [9.17, 15) is 19.5 Å². The molecule has 8 heteroatoms. The Labute approximate surface area is 198 Å². The zero-order valence-corrected chi connectivity index (χ0v) is 20.2. The third kappa shape index (κ3) is 5.87. The average Bonchev–Trinajstić information content (AvgIpc) is 3.13. The first-order valence-electron chi connectivity index (χ1n) is 10.8. The molecule has 1 heterocycles. The van der Waals surface area contributed by atoms with Crippen LogP contribution in [0.15, 0.2) is 59.5 Å². The number of carbonyl (C=O) groups excluding carboxylic acids is 2. The maximum absolute atomic E-state index is 13.8. The summed E-state index contributed by atoms with van der Waals surface area (Å²) in [6.07, 6.45) is -0.722. The second-order valence-electron chi connectivity index (χ2n) is 8.92. The quantitative estimate of drug-likeness (QED) is 0.649. The molecular weight excluding hydrogens is 440 g/mol. The van der Waals surface area contributed by atoms with Gasteiger partial charge in [0.2, 0.25) is 5.91 Å². The zero-order valence-electron chi connectivity index (χ0n) is 19.4. The topological polar surface area (TPSA) is 87.2 Å². The highest BCUT2D eigenvalue weighted by atomic mass is 32.2. The van der Waals surface area contributed by atoms with Crippen LogP contribution in [0.25, 0.3) is 0 Å². The zero-order chi connectivity index (χ0) is 24.2. The van der Waals surface area contributed by atoms with Crippen LogP contribution in [-0.2, 0) is 16.0 Å². The fourth-order valence-electron chi connectivity index (χ4n) is 3.98. The summed E-state index contributed by atoms with van der Waals surface area (Å²) in [5.41, 5.74) is -0.00724. The fraction of sp³-hybridized carbons (Fsp3) is 0.400. The molecule has 3 rings (SSSR count). The molecule has 2 aromatic rings. The molecule has 1 aliphatic rings. The number of rotatable bonds is 7. The van der Waals surface area contributed by atoms with Crippen molar-refractivity contribution in [2.45, 2.75) is 55.5 Å². The van der Waals surface area contributed by atoms with Crippen LogP contribution in [0.1, 0.15) is 32.8 Å². The van der Waals surface area contributed by atoms with E-state index >= 15 is 0 Å². The van der Waals surface area contributed by atoms with Crippen LogP contribution in [0, 0.1) is 0 Å². The van der Waals surface area contributed by atoms with Gasteiger partial charge in [-0.2, -0.15) is 0 Å². The molecule has 0 spiro atoms. The lowest BCUT2D eigenvalue weighted by Gasteiger charge is -2.41. The number of nitrogens with zero attached hydrogens (tertiary/aromatic N) is 2. The SMILES string of the molecule is COc1ccc(C[C@@H](C(=O)N2CCC(=O)[C@@H]2Sc2ccccc2)N(C(=O)O)C(C)(C)C)cc1. The lowest BCUT2D eigenvalue weighted by molar-refractivity contribution is -0.138. The summed E-state index contributed by atoms with van der Waals surface area (Å²) in [4.78, 5) is 42.4. The Balaban J connectivity index is 1.94. The van der Waals surface area contributed by atoms with E-state index in [0.717, 1.165) is 10.5 Å². The van der Waals surface area contributed by atoms with Crippen LogP contribution in [0.2, 0.25) is 0 Å². The van der Waals surface area contributed by atoms with Crippen LogP contribution < -0.4 is 4.74 Å². The highest BCUT2D eigenvalue weighted by Crippen LogP contribution is 2.33. The molecule has 2 atom stereocenters. The van der Waals surface area contributed by atoms with Gasteiger partial charge in [-0.1, -0.05) is 42.1 Å². The predicted octanol–water partition coefficient (Wildman–Crippen LogP) is 4.30. The highest BCUT2D eigenvalue weighted by molar-refractivity contribution is 8.00. The van der Waals surface area contributed by atoms with Crippen LogP contribution >= 0.6 is 11.8 Å². The molecular formula is C25H30N2O5S. The normalized spacial score (nSPS) is 17.0. The minimum Gasteiger partial charge on any atom is -0.497 e. The van der Waals surface area contributed by atoms with E-state index in [1.807, 2.05) is 42.5 Å². The van der Waals surface area contributed by atoms with E-state index in [0.29, 0.717) is 5.75 Å². The van der Waals surface area contributed by atoms with Gasteiger partial charge in [0.15, 0.2) is 5.78 Å². The maximum atomic E-state index is 13.8. The van der Waals surface area contributed by atoms with Crippen LogP contribution in [0.4, 0.5) is 4.79 Å². The molecule has 0 aliphatic carbocycles. The largest absolute Gasteiger partial charge is 0.497 e. The van der Waals surface area contributed by atoms with Gasteiger partial charge in [0, 0.05) is 29.8 Å². The molecule has 1 N–H and O–H groups in total. The van der Waals surface area contributed by atoms with E-state index in [-0.39, 0.29) is 31.1 Å². The number of carbonyl (C=O) groups is 3. The standard InChI is InChI=1S/C25H30N2O5S/c1-25(2,3)27(24(30)31)20(16-17-10-12-18(32-4)13-11-17)22(29)26-15-14-21(28)23(26)33-19-8-6-5-7-9-19/h5-13,20,23H,14-16H2,1-4H3,(H,30,31)/t20-,23-/m0/s1. The van der Waals surface area contributed by atoms with Gasteiger partial charge in [-0.05, 0) is 50.6 Å². The number of benzene rings is 2. The van der Waals surface area contributed by atoms with Gasteiger partial charge in [0.05, 0.1) is 7.11 Å². The lowest BCUT2D eigenvalue weighted by Crippen LogP contribution is -2.58. The van der Waals surface area contributed by atoms with E-state index in [2.05, 4.69) is 0 Å². The molecule has 0 saturated carbocycles. The van der Waals surface area contributed by atoms with Crippen molar-refractivity contribution in [1.29, 1.82) is 0 Å². The minimum atomic E-state index is -1.17. The van der Waals surface area contributed by atoms with Crippen molar-refractivity contribution in [2.75, 3.05) is 13.7 Å². The number of thioether (sulfide) groups is 1. The second-order valence-corrected chi connectivity index (χ2v) is 10.1. The van der Waals surface area contributed by atoms with Crippen molar-refractivity contribution >= 4 is 29.5 Å². The molecule has 0 bridgehead atoms. The number of ether oxygens (including phenoxy) is 1. The molecule has 0 radical (unpaired) electrons. The summed E-state index contributed by atoms with van der Waals surface area (Å²) < 4.78 is 5.21. The third-order valence-electron chi connectivity index (χ3n) is 5.55. The number of likely N-dealkylation sites (tertiary alicyclic amines) is 1. The molecule has 2 aromatic carbocycles. The van der Waals surface area contributed by atoms with Crippen molar-refractivity contribution in [2.24, 2.45) is 0 Å². The summed E-state index contributed by atoms with van der Waals surface area (Å²) in [6, 6.07) is 15.7. The molecule has 2 amide bonds. The highest BCUT2D eigenvalue weighted by Gasteiger charge is 2.44. The number of methoxy groups -OCH3 is 1. The van der Waals surface area contributed by atoms with E-state index in [1.165, 1.54) is 21.6 Å². The van der Waals surface area contributed by atoms with E-state index in [1.54, 1.807) is 40.0 Å². The summed E-state index contributed by atoms with van der Waals surface area (Å²) in [6.45, 7) is 5.57. The monoisotopic (exact) mass is 470 g/mol. The number of hydrogen-bond acceptors (Lipinski definition) is 5. The molecule has 1 aliphatic heterocycles. The van der Waals surface area contributed by atoms with Crippen LogP contribution in [-0.4, -0.2) is 63.3 Å². The number of ketones is 1. The number of amides is 2. The molecule has 176 valence electrons. The summed E-state index contributed by atoms with van der Waals surface area (Å²) in [5, 5.41) is 9.37. The lowest BCUT2D eigenvalue weighted by atomic mass is 9.97. The summed E-state index contributed by atoms with van der Waals surface area (Å²) in [5.74, 6) is 0.289. The van der Waals surface area contributed by atoms with Gasteiger partial charge in [-0.3, -0.25) is 14.5 Å². The van der Waals surface area contributed by atoms with Gasteiger partial charge in [-0.25, -0.2) is 4.79 Å². The first kappa shape index (κ1) is 24.6. The Morgan fingerprint density at radius 3 is 2.33 bits per heavy atom. The first-order valence-corrected chi connectivity index (χ1v) is 11.7. The smallest absolute Gasteiger partial charge is 0.408 e. The molecule has 0 unspecified atom stereocenters. The molecule has 1 saturated heterocycles. The van der Waals surface area contributed by atoms with Gasteiger partial charge in [0.25, 0.3) is 0 Å². The molecule has 0 aromatic heterocycles. The Hall–Kier alpha value is -3.00. The second kappa shape index (κ2) is 10.3.